The lowest BCUT2D eigenvalue weighted by atomic mass is 9.94. The van der Waals surface area contributed by atoms with Gasteiger partial charge in [-0.15, -0.1) is 0 Å². The zero-order valence-corrected chi connectivity index (χ0v) is 9.29. The summed E-state index contributed by atoms with van der Waals surface area (Å²) >= 11 is 0. The Morgan fingerprint density at radius 1 is 1.38 bits per heavy atom. The van der Waals surface area contributed by atoms with Crippen molar-refractivity contribution < 1.29 is 8.78 Å². The molecule has 1 aliphatic heterocycles. The molecule has 2 N–H and O–H groups in total. The van der Waals surface area contributed by atoms with E-state index in [9.17, 15) is 8.78 Å². The highest BCUT2D eigenvalue weighted by Crippen LogP contribution is 2.26. The molecule has 2 rings (SSSR count). The highest BCUT2D eigenvalue weighted by molar-refractivity contribution is 5.48. The van der Waals surface area contributed by atoms with E-state index >= 15 is 0 Å². The van der Waals surface area contributed by atoms with E-state index in [4.69, 9.17) is 5.73 Å². The van der Waals surface area contributed by atoms with Crippen molar-refractivity contribution in [1.29, 1.82) is 0 Å². The maximum absolute atomic E-state index is 13.6. The van der Waals surface area contributed by atoms with Gasteiger partial charge in [0, 0.05) is 19.1 Å². The van der Waals surface area contributed by atoms with E-state index in [0.29, 0.717) is 24.7 Å². The molecule has 2 unspecified atom stereocenters. The largest absolute Gasteiger partial charge is 0.369 e. The van der Waals surface area contributed by atoms with Gasteiger partial charge < -0.3 is 10.6 Å². The molecule has 1 saturated heterocycles. The van der Waals surface area contributed by atoms with Crippen molar-refractivity contribution in [3.05, 3.63) is 29.8 Å². The van der Waals surface area contributed by atoms with Gasteiger partial charge in [-0.05, 0) is 24.5 Å². The van der Waals surface area contributed by atoms with Gasteiger partial charge in [-0.3, -0.25) is 0 Å². The van der Waals surface area contributed by atoms with Crippen molar-refractivity contribution in [3.63, 3.8) is 0 Å². The lowest BCUT2D eigenvalue weighted by molar-refractivity contribution is 0.378. The van der Waals surface area contributed by atoms with Crippen LogP contribution < -0.4 is 10.6 Å². The van der Waals surface area contributed by atoms with Crippen LogP contribution in [0.5, 0.6) is 0 Å². The van der Waals surface area contributed by atoms with Gasteiger partial charge >= 0.3 is 0 Å². The van der Waals surface area contributed by atoms with Gasteiger partial charge in [0.25, 0.3) is 0 Å². The number of rotatable bonds is 1. The topological polar surface area (TPSA) is 29.3 Å². The van der Waals surface area contributed by atoms with E-state index in [-0.39, 0.29) is 6.04 Å². The van der Waals surface area contributed by atoms with E-state index in [0.717, 1.165) is 12.5 Å². The summed E-state index contributed by atoms with van der Waals surface area (Å²) in [7, 11) is 0. The molecule has 0 radical (unpaired) electrons. The van der Waals surface area contributed by atoms with Crippen LogP contribution in [0.1, 0.15) is 13.3 Å². The highest BCUT2D eigenvalue weighted by Gasteiger charge is 2.25. The Morgan fingerprint density at radius 2 is 2.12 bits per heavy atom. The summed E-state index contributed by atoms with van der Waals surface area (Å²) in [5.41, 5.74) is 6.24. The number of hydrogen-bond acceptors (Lipinski definition) is 2. The van der Waals surface area contributed by atoms with Crippen LogP contribution in [0.15, 0.2) is 18.2 Å². The minimum Gasteiger partial charge on any atom is -0.369 e. The molecule has 1 aromatic carbocycles. The first kappa shape index (κ1) is 11.3. The van der Waals surface area contributed by atoms with Gasteiger partial charge in [0.05, 0.1) is 5.69 Å². The molecule has 1 aromatic rings. The molecule has 0 aliphatic carbocycles. The molecule has 1 heterocycles. The normalized spacial score (nSPS) is 25.9. The predicted octanol–water partition coefficient (Wildman–Crippen LogP) is 2.14. The van der Waals surface area contributed by atoms with Crippen molar-refractivity contribution in [2.45, 2.75) is 19.4 Å². The minimum atomic E-state index is -0.792. The molecule has 2 nitrogen and oxygen atoms in total. The lowest BCUT2D eigenvalue weighted by Gasteiger charge is -2.36. The Balaban J connectivity index is 2.22. The molecule has 1 fully saturated rings. The Hall–Kier alpha value is -1.16. The van der Waals surface area contributed by atoms with E-state index < -0.39 is 11.6 Å². The Bertz CT molecular complexity index is 381. The van der Waals surface area contributed by atoms with Crippen molar-refractivity contribution in [3.8, 4) is 0 Å². The molecule has 0 amide bonds. The van der Waals surface area contributed by atoms with Crippen molar-refractivity contribution in [1.82, 2.24) is 0 Å². The van der Waals surface area contributed by atoms with Gasteiger partial charge in [-0.2, -0.15) is 0 Å². The first-order valence-electron chi connectivity index (χ1n) is 5.54. The number of piperidine rings is 1. The molecule has 16 heavy (non-hydrogen) atoms. The second kappa shape index (κ2) is 4.37. The molecular weight excluding hydrogens is 210 g/mol. The van der Waals surface area contributed by atoms with Crippen molar-refractivity contribution >= 4 is 5.69 Å². The maximum atomic E-state index is 13.6. The third-order valence-corrected chi connectivity index (χ3v) is 3.24. The van der Waals surface area contributed by atoms with Crippen LogP contribution in [0.25, 0.3) is 0 Å². The van der Waals surface area contributed by atoms with Crippen molar-refractivity contribution in [2.24, 2.45) is 11.7 Å². The van der Waals surface area contributed by atoms with Gasteiger partial charge in [-0.1, -0.05) is 13.0 Å². The zero-order chi connectivity index (χ0) is 11.7. The number of nitrogens with zero attached hydrogens (tertiary/aromatic N) is 1. The molecule has 1 aliphatic rings. The SMILES string of the molecule is CC1CN(c2cccc(F)c2F)CCC1N. The van der Waals surface area contributed by atoms with E-state index in [1.54, 1.807) is 6.07 Å². The van der Waals surface area contributed by atoms with Crippen LogP contribution in [0, 0.1) is 17.6 Å². The summed E-state index contributed by atoms with van der Waals surface area (Å²) < 4.78 is 26.6. The van der Waals surface area contributed by atoms with Gasteiger partial charge in [0.15, 0.2) is 11.6 Å². The van der Waals surface area contributed by atoms with Crippen LogP contribution in [0.3, 0.4) is 0 Å². The minimum absolute atomic E-state index is 0.160. The van der Waals surface area contributed by atoms with E-state index in [1.807, 2.05) is 11.8 Å². The number of nitrogens with two attached hydrogens (primary N) is 1. The summed E-state index contributed by atoms with van der Waals surface area (Å²) in [4.78, 5) is 1.87. The number of hydrogen-bond donors (Lipinski definition) is 1. The quantitative estimate of drug-likeness (QED) is 0.795. The van der Waals surface area contributed by atoms with Gasteiger partial charge in [0.1, 0.15) is 0 Å². The van der Waals surface area contributed by atoms with Crippen LogP contribution in [-0.4, -0.2) is 19.1 Å². The Labute approximate surface area is 94.0 Å². The van der Waals surface area contributed by atoms with Gasteiger partial charge in [0.2, 0.25) is 0 Å². The molecule has 0 spiro atoms. The summed E-state index contributed by atoms with van der Waals surface area (Å²) in [6, 6.07) is 4.44. The first-order chi connectivity index (χ1) is 7.59. The second-order valence-electron chi connectivity index (χ2n) is 4.45. The molecule has 0 bridgehead atoms. The maximum Gasteiger partial charge on any atom is 0.182 e. The molecule has 88 valence electrons. The third kappa shape index (κ3) is 2.02. The summed E-state index contributed by atoms with van der Waals surface area (Å²) in [6.07, 6.45) is 0.817. The van der Waals surface area contributed by atoms with Gasteiger partial charge in [-0.25, -0.2) is 8.78 Å². The van der Waals surface area contributed by atoms with E-state index in [1.165, 1.54) is 6.07 Å². The Kier molecular flexibility index (Phi) is 3.10. The number of halogens is 2. The third-order valence-electron chi connectivity index (χ3n) is 3.24. The first-order valence-corrected chi connectivity index (χ1v) is 5.54. The van der Waals surface area contributed by atoms with E-state index in [2.05, 4.69) is 0 Å². The lowest BCUT2D eigenvalue weighted by Crippen LogP contribution is -2.46. The highest BCUT2D eigenvalue weighted by atomic mass is 19.2. The average Bonchev–Trinajstić information content (AvgIpc) is 2.26. The molecule has 2 atom stereocenters. The van der Waals surface area contributed by atoms with Crippen LogP contribution in [-0.2, 0) is 0 Å². The fraction of sp³-hybridized carbons (Fsp3) is 0.500. The molecule has 0 aromatic heterocycles. The smallest absolute Gasteiger partial charge is 0.182 e. The van der Waals surface area contributed by atoms with Crippen molar-refractivity contribution in [2.75, 3.05) is 18.0 Å². The molecular formula is C12H16F2N2. The fourth-order valence-electron chi connectivity index (χ4n) is 2.12. The summed E-state index contributed by atoms with van der Waals surface area (Å²) in [5.74, 6) is -1.25. The van der Waals surface area contributed by atoms with Crippen LogP contribution in [0.4, 0.5) is 14.5 Å². The van der Waals surface area contributed by atoms with Crippen LogP contribution >= 0.6 is 0 Å². The second-order valence-corrected chi connectivity index (χ2v) is 4.45. The van der Waals surface area contributed by atoms with Crippen LogP contribution in [0.2, 0.25) is 0 Å². The molecule has 0 saturated carbocycles. The monoisotopic (exact) mass is 226 g/mol. The fourth-order valence-corrected chi connectivity index (χ4v) is 2.12. The zero-order valence-electron chi connectivity index (χ0n) is 9.29. The Morgan fingerprint density at radius 3 is 2.81 bits per heavy atom. The number of benzene rings is 1. The standard InChI is InChI=1S/C12H16F2N2/c1-8-7-16(6-5-10(8)15)11-4-2-3-9(13)12(11)14/h2-4,8,10H,5-7,15H2,1H3. The molecule has 4 heteroatoms. The average molecular weight is 226 g/mol. The summed E-state index contributed by atoms with van der Waals surface area (Å²) in [6.45, 7) is 3.40. The number of anilines is 1. The predicted molar refractivity (Wildman–Crippen MR) is 60.3 cm³/mol. The summed E-state index contributed by atoms with van der Waals surface area (Å²) in [5, 5.41) is 0.